The molecule has 2 saturated heterocycles. The van der Waals surface area contributed by atoms with Gasteiger partial charge < -0.3 is 15.5 Å². The molecule has 2 aromatic carbocycles. The first-order valence-electron chi connectivity index (χ1n) is 11.6. The second-order valence-electron chi connectivity index (χ2n) is 9.45. The minimum atomic E-state index is 0.0142. The lowest BCUT2D eigenvalue weighted by Gasteiger charge is -2.55. The van der Waals surface area contributed by atoms with Crippen molar-refractivity contribution in [2.75, 3.05) is 31.5 Å². The quantitative estimate of drug-likeness (QED) is 0.390. The first-order valence-corrected chi connectivity index (χ1v) is 12.5. The largest absolute Gasteiger partial charge is 0.355 e. The molecule has 1 amide bonds. The van der Waals surface area contributed by atoms with E-state index in [4.69, 9.17) is 0 Å². The highest BCUT2D eigenvalue weighted by Crippen LogP contribution is 2.35. The normalized spacial score (nSPS) is 16.3. The summed E-state index contributed by atoms with van der Waals surface area (Å²) in [6.45, 7) is 3.67. The van der Waals surface area contributed by atoms with Crippen LogP contribution in [0.2, 0.25) is 0 Å². The minimum Gasteiger partial charge on any atom is -0.355 e. The maximum Gasteiger partial charge on any atom is 0.272 e. The van der Waals surface area contributed by atoms with E-state index in [2.05, 4.69) is 49.9 Å². The van der Waals surface area contributed by atoms with Crippen molar-refractivity contribution in [1.82, 2.24) is 25.2 Å². The molecule has 0 radical (unpaired) electrons. The highest BCUT2D eigenvalue weighted by molar-refractivity contribution is 7.16. The molecule has 172 valence electrons. The number of likely N-dealkylation sites (tertiary alicyclic amines) is 1. The van der Waals surface area contributed by atoms with Gasteiger partial charge in [0.2, 0.25) is 0 Å². The van der Waals surface area contributed by atoms with E-state index in [9.17, 15) is 4.79 Å². The summed E-state index contributed by atoms with van der Waals surface area (Å²) in [5, 5.41) is 7.84. The fraction of sp³-hybridized carbons (Fsp3) is 0.185. The van der Waals surface area contributed by atoms with Crippen LogP contribution in [0.3, 0.4) is 0 Å². The van der Waals surface area contributed by atoms with E-state index in [0.717, 1.165) is 65.1 Å². The van der Waals surface area contributed by atoms with Gasteiger partial charge in [0.05, 0.1) is 21.2 Å². The third-order valence-electron chi connectivity index (χ3n) is 7.01. The number of thiazole rings is 1. The van der Waals surface area contributed by atoms with Crippen LogP contribution < -0.4 is 10.6 Å². The average Bonchev–Trinajstić information content (AvgIpc) is 3.30. The molecular weight excluding hydrogens is 456 g/mol. The van der Waals surface area contributed by atoms with Gasteiger partial charge in [-0.3, -0.25) is 14.8 Å². The van der Waals surface area contributed by atoms with Crippen molar-refractivity contribution >= 4 is 49.7 Å². The number of amides is 1. The first-order chi connectivity index (χ1) is 17.2. The second-order valence-corrected chi connectivity index (χ2v) is 10.3. The fourth-order valence-corrected chi connectivity index (χ4v) is 5.65. The molecule has 2 aliphatic heterocycles. The van der Waals surface area contributed by atoms with Crippen molar-refractivity contribution in [3.8, 4) is 11.1 Å². The second kappa shape index (κ2) is 7.83. The molecule has 5 heterocycles. The molecule has 0 saturated carbocycles. The number of carbonyl (C=O) groups excluding carboxylic acids is 1. The Labute approximate surface area is 205 Å². The Kier molecular flexibility index (Phi) is 4.58. The van der Waals surface area contributed by atoms with Crippen molar-refractivity contribution in [2.45, 2.75) is 0 Å². The zero-order chi connectivity index (χ0) is 23.4. The number of pyridine rings is 2. The highest BCUT2D eigenvalue weighted by atomic mass is 32.1. The molecule has 8 heteroatoms. The van der Waals surface area contributed by atoms with Crippen LogP contribution in [-0.2, 0) is 0 Å². The van der Waals surface area contributed by atoms with Crippen molar-refractivity contribution in [3.63, 3.8) is 0 Å². The minimum absolute atomic E-state index is 0.0142. The molecule has 1 spiro atoms. The van der Waals surface area contributed by atoms with E-state index in [1.54, 1.807) is 17.5 Å². The Balaban J connectivity index is 1.15. The first kappa shape index (κ1) is 20.5. The Morgan fingerprint density at radius 3 is 2.63 bits per heavy atom. The highest BCUT2D eigenvalue weighted by Gasteiger charge is 2.49. The Hall–Kier alpha value is -3.88. The van der Waals surface area contributed by atoms with Crippen LogP contribution in [0.4, 0.5) is 11.4 Å². The number of nitrogens with one attached hydrogen (secondary N) is 2. The molecule has 35 heavy (non-hydrogen) atoms. The number of hydrogen-bond acceptors (Lipinski definition) is 7. The van der Waals surface area contributed by atoms with Gasteiger partial charge in [-0.25, -0.2) is 4.98 Å². The third kappa shape index (κ3) is 3.53. The number of anilines is 2. The third-order valence-corrected chi connectivity index (χ3v) is 7.82. The summed E-state index contributed by atoms with van der Waals surface area (Å²) in [4.78, 5) is 28.1. The van der Waals surface area contributed by atoms with Crippen molar-refractivity contribution < 1.29 is 4.79 Å². The molecule has 0 unspecified atom stereocenters. The predicted octanol–water partition coefficient (Wildman–Crippen LogP) is 4.70. The smallest absolute Gasteiger partial charge is 0.272 e. The van der Waals surface area contributed by atoms with Gasteiger partial charge in [-0.05, 0) is 48.0 Å². The van der Waals surface area contributed by atoms with Crippen molar-refractivity contribution in [1.29, 1.82) is 0 Å². The van der Waals surface area contributed by atoms with Crippen molar-refractivity contribution in [3.05, 3.63) is 78.2 Å². The van der Waals surface area contributed by atoms with Gasteiger partial charge in [0, 0.05) is 66.3 Å². The summed E-state index contributed by atoms with van der Waals surface area (Å²) < 4.78 is 1.17. The van der Waals surface area contributed by atoms with Crippen LogP contribution in [0.25, 0.3) is 32.2 Å². The molecule has 2 N–H and O–H groups in total. The summed E-state index contributed by atoms with van der Waals surface area (Å²) in [6, 6.07) is 18.2. The molecule has 0 bridgehead atoms. The Morgan fingerprint density at radius 2 is 1.83 bits per heavy atom. The Bertz CT molecular complexity index is 1580. The number of fused-ring (bicyclic) bond motifs is 2. The molecule has 0 atom stereocenters. The number of benzene rings is 2. The van der Waals surface area contributed by atoms with E-state index < -0.39 is 0 Å². The van der Waals surface area contributed by atoms with Gasteiger partial charge in [0.15, 0.2) is 0 Å². The van der Waals surface area contributed by atoms with Crippen LogP contribution in [0.1, 0.15) is 10.5 Å². The lowest BCUT2D eigenvalue weighted by molar-refractivity contribution is -0.0251. The summed E-state index contributed by atoms with van der Waals surface area (Å²) in [6.07, 6.45) is 3.60. The van der Waals surface area contributed by atoms with Gasteiger partial charge in [-0.1, -0.05) is 12.1 Å². The summed E-state index contributed by atoms with van der Waals surface area (Å²) in [5.74, 6) is 0.0142. The maximum absolute atomic E-state index is 12.8. The molecule has 2 fully saturated rings. The summed E-state index contributed by atoms with van der Waals surface area (Å²) in [5.41, 5.74) is 8.51. The zero-order valence-corrected chi connectivity index (χ0v) is 19.7. The molecule has 3 aromatic heterocycles. The lowest BCUT2D eigenvalue weighted by Crippen LogP contribution is -2.71. The van der Waals surface area contributed by atoms with Gasteiger partial charge in [-0.15, -0.1) is 11.3 Å². The SMILES string of the molecule is O=C(c1ccc(-c2ccc3nccc(Nc4ccc5scnc5c4)c3c2)cn1)N1CC2(CNC2)C1. The predicted molar refractivity (Wildman–Crippen MR) is 139 cm³/mol. The van der Waals surface area contributed by atoms with Gasteiger partial charge in [0.1, 0.15) is 5.69 Å². The van der Waals surface area contributed by atoms with Crippen LogP contribution >= 0.6 is 11.3 Å². The number of carbonyl (C=O) groups is 1. The topological polar surface area (TPSA) is 83.0 Å². The Morgan fingerprint density at radius 1 is 0.943 bits per heavy atom. The number of aromatic nitrogens is 3. The van der Waals surface area contributed by atoms with Gasteiger partial charge >= 0.3 is 0 Å². The lowest BCUT2D eigenvalue weighted by atomic mass is 9.74. The van der Waals surface area contributed by atoms with Gasteiger partial charge in [0.25, 0.3) is 5.91 Å². The molecule has 7 nitrogen and oxygen atoms in total. The molecule has 2 aliphatic rings. The molecule has 5 aromatic rings. The average molecular weight is 479 g/mol. The van der Waals surface area contributed by atoms with Gasteiger partial charge in [-0.2, -0.15) is 0 Å². The van der Waals surface area contributed by atoms with E-state index in [1.807, 2.05) is 46.9 Å². The van der Waals surface area contributed by atoms with Crippen molar-refractivity contribution in [2.24, 2.45) is 5.41 Å². The summed E-state index contributed by atoms with van der Waals surface area (Å²) >= 11 is 1.64. The van der Waals surface area contributed by atoms with E-state index in [-0.39, 0.29) is 5.91 Å². The van der Waals surface area contributed by atoms with E-state index in [0.29, 0.717) is 11.1 Å². The molecule has 7 rings (SSSR count). The zero-order valence-electron chi connectivity index (χ0n) is 18.9. The van der Waals surface area contributed by atoms with Crippen LogP contribution in [-0.4, -0.2) is 51.9 Å². The maximum atomic E-state index is 12.8. The number of rotatable bonds is 4. The van der Waals surface area contributed by atoms with Crippen LogP contribution in [0.5, 0.6) is 0 Å². The number of hydrogen-bond donors (Lipinski definition) is 2. The van der Waals surface area contributed by atoms with E-state index in [1.165, 1.54) is 4.70 Å². The molecular formula is C27H22N6OS. The van der Waals surface area contributed by atoms with Crippen LogP contribution in [0.15, 0.2) is 72.5 Å². The number of nitrogens with zero attached hydrogens (tertiary/aromatic N) is 4. The summed E-state index contributed by atoms with van der Waals surface area (Å²) in [7, 11) is 0. The standard InChI is InChI=1S/C27H22N6OS/c34-26(33-14-27(15-33)12-28-13-27)23-5-2-18(11-30-23)17-1-4-21-20(9-17)22(7-8-29-21)32-19-3-6-25-24(10-19)31-16-35-25/h1-11,16,28H,12-15H2,(H,29,32). The van der Waals surface area contributed by atoms with Crippen LogP contribution in [0, 0.1) is 5.41 Å². The van der Waals surface area contributed by atoms with E-state index >= 15 is 0 Å². The monoisotopic (exact) mass is 478 g/mol. The fourth-order valence-electron chi connectivity index (χ4n) is 4.99. The molecule has 0 aliphatic carbocycles.